The van der Waals surface area contributed by atoms with Crippen molar-refractivity contribution in [3.63, 3.8) is 0 Å². The minimum Gasteiger partial charge on any atom is -0.343 e. The lowest BCUT2D eigenvalue weighted by Gasteiger charge is -2.25. The number of nitrogens with zero attached hydrogens (tertiary/aromatic N) is 2. The number of aryl methyl sites for hydroxylation is 1. The van der Waals surface area contributed by atoms with Crippen molar-refractivity contribution in [3.8, 4) is 0 Å². The molecule has 0 unspecified atom stereocenters. The first-order chi connectivity index (χ1) is 10.6. The van der Waals surface area contributed by atoms with Crippen molar-refractivity contribution in [2.24, 2.45) is 0 Å². The second-order valence-electron chi connectivity index (χ2n) is 5.55. The molecule has 3 nitrogen and oxygen atoms in total. The van der Waals surface area contributed by atoms with Gasteiger partial charge in [0.05, 0.1) is 0 Å². The Bertz CT molecular complexity index is 598. The summed E-state index contributed by atoms with van der Waals surface area (Å²) in [7, 11) is 1.87. The number of carbonyl (C=O) groups excluding carboxylic acids is 1. The Morgan fingerprint density at radius 2 is 1.95 bits per heavy atom. The van der Waals surface area contributed by atoms with Crippen molar-refractivity contribution in [3.05, 3.63) is 64.9 Å². The van der Waals surface area contributed by atoms with Gasteiger partial charge in [-0.1, -0.05) is 29.8 Å². The molecule has 0 aliphatic heterocycles. The van der Waals surface area contributed by atoms with Crippen LogP contribution in [0.25, 0.3) is 0 Å². The molecule has 0 bridgehead atoms. The van der Waals surface area contributed by atoms with Crippen LogP contribution in [0.15, 0.2) is 48.8 Å². The van der Waals surface area contributed by atoms with E-state index in [1.807, 2.05) is 54.5 Å². The zero-order valence-electron chi connectivity index (χ0n) is 13.0. The Kier molecular flexibility index (Phi) is 5.96. The van der Waals surface area contributed by atoms with Crippen LogP contribution in [0.3, 0.4) is 0 Å². The van der Waals surface area contributed by atoms with Crippen LogP contribution in [0.1, 0.15) is 24.5 Å². The number of rotatable bonds is 6. The molecule has 2 rings (SSSR count). The fourth-order valence-corrected chi connectivity index (χ4v) is 2.44. The van der Waals surface area contributed by atoms with Gasteiger partial charge in [0.2, 0.25) is 5.91 Å². The normalized spacial score (nSPS) is 12.0. The lowest BCUT2D eigenvalue weighted by Crippen LogP contribution is -2.36. The molecule has 0 spiro atoms. The summed E-state index contributed by atoms with van der Waals surface area (Å²) >= 11 is 5.89. The van der Waals surface area contributed by atoms with Gasteiger partial charge in [0.1, 0.15) is 0 Å². The van der Waals surface area contributed by atoms with E-state index in [4.69, 9.17) is 11.6 Å². The average Bonchev–Trinajstić information content (AvgIpc) is 2.55. The molecule has 4 heteroatoms. The van der Waals surface area contributed by atoms with E-state index in [0.717, 1.165) is 23.4 Å². The predicted molar refractivity (Wildman–Crippen MR) is 89.9 cm³/mol. The zero-order chi connectivity index (χ0) is 15.9. The fourth-order valence-electron chi connectivity index (χ4n) is 2.32. The zero-order valence-corrected chi connectivity index (χ0v) is 13.8. The smallest absolute Gasteiger partial charge is 0.222 e. The number of halogens is 1. The number of benzene rings is 1. The molecule has 1 aromatic heterocycles. The highest BCUT2D eigenvalue weighted by Crippen LogP contribution is 2.13. The minimum absolute atomic E-state index is 0.155. The van der Waals surface area contributed by atoms with Crippen molar-refractivity contribution in [1.29, 1.82) is 0 Å². The molecule has 0 saturated heterocycles. The van der Waals surface area contributed by atoms with Gasteiger partial charge >= 0.3 is 0 Å². The molecule has 0 saturated carbocycles. The molecular weight excluding hydrogens is 296 g/mol. The molecule has 1 heterocycles. The van der Waals surface area contributed by atoms with Gasteiger partial charge in [0.25, 0.3) is 0 Å². The highest BCUT2D eigenvalue weighted by Gasteiger charge is 2.16. The van der Waals surface area contributed by atoms with E-state index in [2.05, 4.69) is 11.9 Å². The third kappa shape index (κ3) is 4.85. The summed E-state index contributed by atoms with van der Waals surface area (Å²) in [6.07, 6.45) is 5.61. The summed E-state index contributed by atoms with van der Waals surface area (Å²) in [5.41, 5.74) is 2.28. The summed E-state index contributed by atoms with van der Waals surface area (Å²) < 4.78 is 0. The molecule has 1 aromatic carbocycles. The van der Waals surface area contributed by atoms with Gasteiger partial charge in [-0.25, -0.2) is 0 Å². The molecule has 22 heavy (non-hydrogen) atoms. The molecule has 0 N–H and O–H groups in total. The van der Waals surface area contributed by atoms with Crippen LogP contribution >= 0.6 is 11.6 Å². The Labute approximate surface area is 136 Å². The Morgan fingerprint density at radius 1 is 1.23 bits per heavy atom. The summed E-state index contributed by atoms with van der Waals surface area (Å²) in [5, 5.41) is 0.734. The molecule has 2 aromatic rings. The van der Waals surface area contributed by atoms with E-state index >= 15 is 0 Å². The maximum Gasteiger partial charge on any atom is 0.222 e. The minimum atomic E-state index is 0.155. The Balaban J connectivity index is 1.85. The largest absolute Gasteiger partial charge is 0.343 e. The van der Waals surface area contributed by atoms with Gasteiger partial charge in [0, 0.05) is 36.9 Å². The van der Waals surface area contributed by atoms with Crippen molar-refractivity contribution < 1.29 is 4.79 Å². The first-order valence-corrected chi connectivity index (χ1v) is 7.83. The van der Waals surface area contributed by atoms with Gasteiger partial charge in [-0.3, -0.25) is 9.78 Å². The third-order valence-electron chi connectivity index (χ3n) is 3.85. The number of amides is 1. The monoisotopic (exact) mass is 316 g/mol. The molecule has 116 valence electrons. The number of likely N-dealkylation sites (N-methyl/N-ethyl adjacent to an activating group) is 1. The van der Waals surface area contributed by atoms with E-state index in [9.17, 15) is 4.79 Å². The van der Waals surface area contributed by atoms with E-state index in [1.165, 1.54) is 5.56 Å². The van der Waals surface area contributed by atoms with Crippen LogP contribution in [0.5, 0.6) is 0 Å². The van der Waals surface area contributed by atoms with Gasteiger partial charge in [-0.2, -0.15) is 0 Å². The molecular formula is C18H21ClN2O. The van der Waals surface area contributed by atoms with E-state index in [0.29, 0.717) is 6.42 Å². The lowest BCUT2D eigenvalue weighted by atomic mass is 10.1. The molecule has 1 atom stereocenters. The van der Waals surface area contributed by atoms with Gasteiger partial charge in [-0.15, -0.1) is 0 Å². The van der Waals surface area contributed by atoms with Crippen molar-refractivity contribution in [1.82, 2.24) is 9.88 Å². The van der Waals surface area contributed by atoms with Crippen molar-refractivity contribution in [2.75, 3.05) is 7.05 Å². The van der Waals surface area contributed by atoms with Crippen LogP contribution in [-0.2, 0) is 17.6 Å². The lowest BCUT2D eigenvalue weighted by molar-refractivity contribution is -0.131. The highest BCUT2D eigenvalue weighted by molar-refractivity contribution is 6.30. The SMILES string of the molecule is C[C@@H](Cc1ccc(Cl)cc1)N(C)C(=O)CCc1cccnc1. The Morgan fingerprint density at radius 3 is 2.59 bits per heavy atom. The molecule has 1 amide bonds. The van der Waals surface area contributed by atoms with E-state index < -0.39 is 0 Å². The van der Waals surface area contributed by atoms with Crippen LogP contribution in [0.2, 0.25) is 5.02 Å². The van der Waals surface area contributed by atoms with E-state index in [1.54, 1.807) is 6.20 Å². The number of aromatic nitrogens is 1. The van der Waals surface area contributed by atoms with Crippen LogP contribution < -0.4 is 0 Å². The van der Waals surface area contributed by atoms with Crippen molar-refractivity contribution in [2.45, 2.75) is 32.2 Å². The van der Waals surface area contributed by atoms with Crippen LogP contribution in [0, 0.1) is 0 Å². The fraction of sp³-hybridized carbons (Fsp3) is 0.333. The number of hydrogen-bond donors (Lipinski definition) is 0. The van der Waals surface area contributed by atoms with Gasteiger partial charge in [-0.05, 0) is 49.1 Å². The maximum absolute atomic E-state index is 12.3. The number of hydrogen-bond acceptors (Lipinski definition) is 2. The quantitative estimate of drug-likeness (QED) is 0.813. The number of carbonyl (C=O) groups is 1. The van der Waals surface area contributed by atoms with Crippen molar-refractivity contribution >= 4 is 17.5 Å². The maximum atomic E-state index is 12.3. The highest BCUT2D eigenvalue weighted by atomic mass is 35.5. The van der Waals surface area contributed by atoms with Gasteiger partial charge < -0.3 is 4.90 Å². The first-order valence-electron chi connectivity index (χ1n) is 7.45. The molecule has 0 aliphatic carbocycles. The average molecular weight is 317 g/mol. The second-order valence-corrected chi connectivity index (χ2v) is 5.98. The summed E-state index contributed by atoms with van der Waals surface area (Å²) in [6.45, 7) is 2.07. The van der Waals surface area contributed by atoms with Crippen LogP contribution in [-0.4, -0.2) is 28.9 Å². The topological polar surface area (TPSA) is 33.2 Å². The molecule has 0 radical (unpaired) electrons. The predicted octanol–water partition coefficient (Wildman–Crippen LogP) is 3.76. The first kappa shape index (κ1) is 16.5. The summed E-state index contributed by atoms with van der Waals surface area (Å²) in [5.74, 6) is 0.158. The summed E-state index contributed by atoms with van der Waals surface area (Å²) in [4.78, 5) is 18.2. The summed E-state index contributed by atoms with van der Waals surface area (Å²) in [6, 6.07) is 11.8. The number of pyridine rings is 1. The molecule has 0 aliphatic rings. The van der Waals surface area contributed by atoms with E-state index in [-0.39, 0.29) is 11.9 Å². The standard InChI is InChI=1S/C18H21ClN2O/c1-14(12-15-5-8-17(19)9-6-15)21(2)18(22)10-7-16-4-3-11-20-13-16/h3-6,8-9,11,13-14H,7,10,12H2,1-2H3/t14-/m0/s1. The molecule has 0 fully saturated rings. The van der Waals surface area contributed by atoms with Gasteiger partial charge in [0.15, 0.2) is 0 Å². The second kappa shape index (κ2) is 7.95. The third-order valence-corrected chi connectivity index (χ3v) is 4.10. The Hall–Kier alpha value is -1.87. The van der Waals surface area contributed by atoms with Crippen LogP contribution in [0.4, 0.5) is 0 Å².